The fourth-order valence-corrected chi connectivity index (χ4v) is 2.04. The molecule has 0 aromatic heterocycles. The number of carbonyl (C=O) groups is 2. The molecule has 88 valence electrons. The summed E-state index contributed by atoms with van der Waals surface area (Å²) in [5.41, 5.74) is 0. The van der Waals surface area contributed by atoms with Crippen LogP contribution in [0.2, 0.25) is 0 Å². The lowest BCUT2D eigenvalue weighted by atomic mass is 9.76. The molecule has 0 heterocycles. The maximum atomic E-state index is 11.7. The maximum Gasteiger partial charge on any atom is 0.146 e. The number of Topliss-reactive ketones (excluding diaryl/α,β-unsaturated/α-hetero) is 2. The van der Waals surface area contributed by atoms with Crippen LogP contribution in [0.1, 0.15) is 19.8 Å². The Morgan fingerprint density at radius 2 is 2.25 bits per heavy atom. The van der Waals surface area contributed by atoms with Crippen LogP contribution in [0.5, 0.6) is 0 Å². The van der Waals surface area contributed by atoms with Crippen LogP contribution in [-0.2, 0) is 14.3 Å². The van der Waals surface area contributed by atoms with Gasteiger partial charge in [-0.2, -0.15) is 0 Å². The summed E-state index contributed by atoms with van der Waals surface area (Å²) in [6.45, 7) is 8.38. The highest BCUT2D eigenvalue weighted by Crippen LogP contribution is 2.31. The van der Waals surface area contributed by atoms with E-state index in [4.69, 9.17) is 4.74 Å². The number of aliphatic hydroxyl groups excluding tert-OH is 1. The van der Waals surface area contributed by atoms with Gasteiger partial charge in [0.1, 0.15) is 17.5 Å². The molecule has 0 aromatic carbocycles. The van der Waals surface area contributed by atoms with E-state index in [2.05, 4.69) is 13.2 Å². The monoisotopic (exact) mass is 224 g/mol. The second-order valence-electron chi connectivity index (χ2n) is 4.01. The highest BCUT2D eigenvalue weighted by atomic mass is 16.5. The Labute approximate surface area is 94.6 Å². The molecule has 0 spiro atoms. The van der Waals surface area contributed by atoms with E-state index in [9.17, 15) is 14.7 Å². The molecular weight excluding hydrogens is 208 g/mol. The number of ketones is 2. The SMILES string of the molecule is C=COC(=C)C1CC(=O)C(C(C)=O)C(O)C1. The smallest absolute Gasteiger partial charge is 0.146 e. The third-order valence-corrected chi connectivity index (χ3v) is 2.83. The summed E-state index contributed by atoms with van der Waals surface area (Å²) >= 11 is 0. The van der Waals surface area contributed by atoms with Crippen molar-refractivity contribution in [2.24, 2.45) is 11.8 Å². The number of rotatable bonds is 4. The van der Waals surface area contributed by atoms with E-state index < -0.39 is 12.0 Å². The standard InChI is InChI=1S/C12H16O4/c1-4-16-8(3)9-5-10(14)12(7(2)13)11(15)6-9/h4,9-10,12,14H,1,3,5-6H2,2H3. The topological polar surface area (TPSA) is 63.6 Å². The lowest BCUT2D eigenvalue weighted by Gasteiger charge is -2.30. The van der Waals surface area contributed by atoms with Crippen molar-refractivity contribution in [1.82, 2.24) is 0 Å². The summed E-state index contributed by atoms with van der Waals surface area (Å²) < 4.78 is 4.99. The lowest BCUT2D eigenvalue weighted by molar-refractivity contribution is -0.140. The molecule has 1 saturated carbocycles. The molecule has 0 bridgehead atoms. The van der Waals surface area contributed by atoms with Crippen molar-refractivity contribution in [3.63, 3.8) is 0 Å². The minimum absolute atomic E-state index is 0.188. The average Bonchev–Trinajstić information content (AvgIpc) is 2.16. The van der Waals surface area contributed by atoms with Crippen LogP contribution in [0.25, 0.3) is 0 Å². The molecule has 1 N–H and O–H groups in total. The van der Waals surface area contributed by atoms with Gasteiger partial charge in [0.05, 0.1) is 18.1 Å². The first-order valence-electron chi connectivity index (χ1n) is 5.15. The zero-order valence-corrected chi connectivity index (χ0v) is 9.31. The lowest BCUT2D eigenvalue weighted by Crippen LogP contribution is -2.41. The van der Waals surface area contributed by atoms with Crippen molar-refractivity contribution < 1.29 is 19.4 Å². The first kappa shape index (κ1) is 12.6. The molecule has 1 aliphatic carbocycles. The highest BCUT2D eigenvalue weighted by molar-refractivity contribution is 6.02. The summed E-state index contributed by atoms with van der Waals surface area (Å²) in [5, 5.41) is 9.73. The molecule has 0 aromatic rings. The van der Waals surface area contributed by atoms with E-state index in [1.807, 2.05) is 0 Å². The van der Waals surface area contributed by atoms with Crippen LogP contribution in [0.15, 0.2) is 25.2 Å². The molecule has 3 unspecified atom stereocenters. The number of hydrogen-bond acceptors (Lipinski definition) is 4. The Kier molecular flexibility index (Phi) is 4.01. The molecule has 4 nitrogen and oxygen atoms in total. The van der Waals surface area contributed by atoms with Gasteiger partial charge < -0.3 is 9.84 Å². The molecule has 0 saturated heterocycles. The molecule has 0 aliphatic heterocycles. The Balaban J connectivity index is 2.73. The first-order valence-corrected chi connectivity index (χ1v) is 5.15. The van der Waals surface area contributed by atoms with Gasteiger partial charge in [0.25, 0.3) is 0 Å². The van der Waals surface area contributed by atoms with Crippen molar-refractivity contribution >= 4 is 11.6 Å². The molecule has 4 heteroatoms. The first-order chi connectivity index (χ1) is 7.47. The second kappa shape index (κ2) is 5.07. The van der Waals surface area contributed by atoms with Gasteiger partial charge in [-0.3, -0.25) is 9.59 Å². The van der Waals surface area contributed by atoms with E-state index in [0.29, 0.717) is 12.2 Å². The quantitative estimate of drug-likeness (QED) is 0.575. The van der Waals surface area contributed by atoms with E-state index in [1.54, 1.807) is 0 Å². The molecule has 0 amide bonds. The van der Waals surface area contributed by atoms with Gasteiger partial charge >= 0.3 is 0 Å². The van der Waals surface area contributed by atoms with Gasteiger partial charge in [-0.05, 0) is 13.3 Å². The van der Waals surface area contributed by atoms with E-state index in [1.165, 1.54) is 13.2 Å². The number of ether oxygens (including phenoxy) is 1. The van der Waals surface area contributed by atoms with Crippen LogP contribution in [0, 0.1) is 11.8 Å². The van der Waals surface area contributed by atoms with E-state index in [-0.39, 0.29) is 23.9 Å². The highest BCUT2D eigenvalue weighted by Gasteiger charge is 2.39. The molecule has 16 heavy (non-hydrogen) atoms. The van der Waals surface area contributed by atoms with Crippen LogP contribution in [0.4, 0.5) is 0 Å². The van der Waals surface area contributed by atoms with Crippen LogP contribution in [0.3, 0.4) is 0 Å². The van der Waals surface area contributed by atoms with Gasteiger partial charge in [0.15, 0.2) is 0 Å². The number of allylic oxidation sites excluding steroid dienone is 1. The van der Waals surface area contributed by atoms with Crippen LogP contribution >= 0.6 is 0 Å². The maximum absolute atomic E-state index is 11.7. The fourth-order valence-electron chi connectivity index (χ4n) is 2.04. The Morgan fingerprint density at radius 1 is 1.62 bits per heavy atom. The van der Waals surface area contributed by atoms with Crippen molar-refractivity contribution in [1.29, 1.82) is 0 Å². The average molecular weight is 224 g/mol. The third-order valence-electron chi connectivity index (χ3n) is 2.83. The Hall–Kier alpha value is -1.42. The predicted octanol–water partition coefficient (Wildman–Crippen LogP) is 1.21. The second-order valence-corrected chi connectivity index (χ2v) is 4.01. The molecule has 0 radical (unpaired) electrons. The van der Waals surface area contributed by atoms with E-state index in [0.717, 1.165) is 0 Å². The Bertz CT molecular complexity index is 332. The predicted molar refractivity (Wildman–Crippen MR) is 58.3 cm³/mol. The van der Waals surface area contributed by atoms with Gasteiger partial charge in [-0.1, -0.05) is 13.2 Å². The van der Waals surface area contributed by atoms with Crippen molar-refractivity contribution in [3.05, 3.63) is 25.2 Å². The van der Waals surface area contributed by atoms with E-state index >= 15 is 0 Å². The summed E-state index contributed by atoms with van der Waals surface area (Å²) in [4.78, 5) is 22.8. The zero-order chi connectivity index (χ0) is 12.3. The van der Waals surface area contributed by atoms with Gasteiger partial charge in [0, 0.05) is 12.3 Å². The summed E-state index contributed by atoms with van der Waals surface area (Å²) in [7, 11) is 0. The molecule has 1 rings (SSSR count). The minimum atomic E-state index is -0.936. The normalized spacial score (nSPS) is 29.6. The minimum Gasteiger partial charge on any atom is -0.470 e. The summed E-state index contributed by atoms with van der Waals surface area (Å²) in [6, 6.07) is 0. The van der Waals surface area contributed by atoms with Gasteiger partial charge in [0.2, 0.25) is 0 Å². The van der Waals surface area contributed by atoms with Crippen molar-refractivity contribution in [3.8, 4) is 0 Å². The number of carbonyl (C=O) groups excluding carboxylic acids is 2. The Morgan fingerprint density at radius 3 is 2.69 bits per heavy atom. The van der Waals surface area contributed by atoms with Crippen molar-refractivity contribution in [2.45, 2.75) is 25.9 Å². The van der Waals surface area contributed by atoms with Gasteiger partial charge in [-0.15, -0.1) is 0 Å². The fraction of sp³-hybridized carbons (Fsp3) is 0.500. The molecule has 1 fully saturated rings. The zero-order valence-electron chi connectivity index (χ0n) is 9.31. The van der Waals surface area contributed by atoms with Crippen LogP contribution < -0.4 is 0 Å². The third kappa shape index (κ3) is 2.58. The van der Waals surface area contributed by atoms with Crippen molar-refractivity contribution in [2.75, 3.05) is 0 Å². The van der Waals surface area contributed by atoms with Gasteiger partial charge in [-0.25, -0.2) is 0 Å². The molecule has 1 aliphatic rings. The van der Waals surface area contributed by atoms with Crippen LogP contribution in [-0.4, -0.2) is 22.8 Å². The number of hydrogen-bond donors (Lipinski definition) is 1. The summed E-state index contributed by atoms with van der Waals surface area (Å²) in [6.07, 6.45) is 0.807. The molecule has 3 atom stereocenters. The number of aliphatic hydroxyl groups is 1. The summed E-state index contributed by atoms with van der Waals surface area (Å²) in [5.74, 6) is -1.25. The molecular formula is C12H16O4. The largest absolute Gasteiger partial charge is 0.470 e.